The number of hydrogen-bond donors (Lipinski definition) is 2. The minimum absolute atomic E-state index is 0.0719. The Balaban J connectivity index is 1.92. The van der Waals surface area contributed by atoms with Crippen LogP contribution in [0.3, 0.4) is 0 Å². The van der Waals surface area contributed by atoms with Gasteiger partial charge in [0.25, 0.3) is 5.91 Å². The molecule has 3 N–H and O–H groups in total. The molecule has 4 nitrogen and oxygen atoms in total. The Morgan fingerprint density at radius 2 is 2.04 bits per heavy atom. The molecule has 0 aliphatic rings. The van der Waals surface area contributed by atoms with Crippen molar-refractivity contribution in [3.63, 3.8) is 0 Å². The van der Waals surface area contributed by atoms with Gasteiger partial charge in [-0.3, -0.25) is 4.79 Å². The van der Waals surface area contributed by atoms with E-state index >= 15 is 0 Å². The normalized spacial score (nSPS) is 11.8. The van der Waals surface area contributed by atoms with Crippen LogP contribution in [0.1, 0.15) is 29.3 Å². The number of hydrogen-bond acceptors (Lipinski definition) is 3. The number of ether oxygens (including phenoxy) is 1. The molecule has 0 aromatic heterocycles. The molecule has 0 radical (unpaired) electrons. The van der Waals surface area contributed by atoms with Gasteiger partial charge in [-0.2, -0.15) is 0 Å². The number of rotatable bonds is 7. The van der Waals surface area contributed by atoms with Crippen molar-refractivity contribution in [3.8, 4) is 5.75 Å². The van der Waals surface area contributed by atoms with E-state index in [1.165, 1.54) is 0 Å². The van der Waals surface area contributed by atoms with Gasteiger partial charge in [-0.15, -0.1) is 0 Å². The Bertz CT molecular complexity index is 659. The van der Waals surface area contributed by atoms with E-state index in [9.17, 15) is 4.79 Å². The van der Waals surface area contributed by atoms with E-state index in [1.54, 1.807) is 18.2 Å². The van der Waals surface area contributed by atoms with Gasteiger partial charge >= 0.3 is 0 Å². The van der Waals surface area contributed by atoms with Crippen LogP contribution in [0.2, 0.25) is 5.02 Å². The first-order valence-corrected chi connectivity index (χ1v) is 7.93. The average molecular weight is 333 g/mol. The number of nitrogens with one attached hydrogen (secondary N) is 1. The first-order valence-electron chi connectivity index (χ1n) is 7.55. The van der Waals surface area contributed by atoms with Gasteiger partial charge < -0.3 is 15.8 Å². The standard InChI is InChI=1S/C18H21ClN2O2/c1-13(20)8-9-21-18(22)15-5-3-7-17(11-15)23-12-14-4-2-6-16(19)10-14/h2-7,10-11,13H,8-9,12,20H2,1H3,(H,21,22). The molecule has 0 bridgehead atoms. The molecule has 122 valence electrons. The molecule has 2 aromatic carbocycles. The summed E-state index contributed by atoms with van der Waals surface area (Å²) in [5, 5.41) is 3.52. The van der Waals surface area contributed by atoms with E-state index in [0.717, 1.165) is 12.0 Å². The Labute approximate surface area is 141 Å². The van der Waals surface area contributed by atoms with Crippen molar-refractivity contribution in [3.05, 3.63) is 64.7 Å². The third-order valence-electron chi connectivity index (χ3n) is 3.28. The summed E-state index contributed by atoms with van der Waals surface area (Å²) in [7, 11) is 0. The number of amides is 1. The zero-order valence-corrected chi connectivity index (χ0v) is 13.8. The van der Waals surface area contributed by atoms with Gasteiger partial charge in [0.1, 0.15) is 12.4 Å². The number of nitrogens with two attached hydrogens (primary N) is 1. The van der Waals surface area contributed by atoms with Gasteiger partial charge in [0, 0.05) is 23.2 Å². The summed E-state index contributed by atoms with van der Waals surface area (Å²) in [5.41, 5.74) is 7.21. The monoisotopic (exact) mass is 332 g/mol. The lowest BCUT2D eigenvalue weighted by molar-refractivity contribution is 0.0952. The van der Waals surface area contributed by atoms with Gasteiger partial charge in [-0.25, -0.2) is 0 Å². The highest BCUT2D eigenvalue weighted by molar-refractivity contribution is 6.30. The van der Waals surface area contributed by atoms with Crippen LogP contribution >= 0.6 is 11.6 Å². The second-order valence-corrected chi connectivity index (χ2v) is 5.90. The second kappa shape index (κ2) is 8.56. The van der Waals surface area contributed by atoms with Crippen molar-refractivity contribution < 1.29 is 9.53 Å². The van der Waals surface area contributed by atoms with Crippen molar-refractivity contribution in [2.24, 2.45) is 5.73 Å². The van der Waals surface area contributed by atoms with Crippen LogP contribution in [0.15, 0.2) is 48.5 Å². The van der Waals surface area contributed by atoms with E-state index in [4.69, 9.17) is 22.1 Å². The zero-order chi connectivity index (χ0) is 16.7. The quantitative estimate of drug-likeness (QED) is 0.817. The fourth-order valence-electron chi connectivity index (χ4n) is 2.04. The SMILES string of the molecule is CC(N)CCNC(=O)c1cccc(OCc2cccc(Cl)c2)c1. The summed E-state index contributed by atoms with van der Waals surface area (Å²) >= 11 is 5.95. The highest BCUT2D eigenvalue weighted by Gasteiger charge is 2.07. The molecule has 23 heavy (non-hydrogen) atoms. The summed E-state index contributed by atoms with van der Waals surface area (Å²) in [6.45, 7) is 2.87. The Morgan fingerprint density at radius 1 is 1.26 bits per heavy atom. The predicted octanol–water partition coefficient (Wildman–Crippen LogP) is 3.39. The first-order chi connectivity index (χ1) is 11.0. The van der Waals surface area contributed by atoms with Crippen LogP contribution in [0.5, 0.6) is 5.75 Å². The van der Waals surface area contributed by atoms with E-state index < -0.39 is 0 Å². The molecular weight excluding hydrogens is 312 g/mol. The molecule has 0 heterocycles. The van der Waals surface area contributed by atoms with Crippen LogP contribution in [-0.2, 0) is 6.61 Å². The lowest BCUT2D eigenvalue weighted by atomic mass is 10.2. The zero-order valence-electron chi connectivity index (χ0n) is 13.1. The summed E-state index contributed by atoms with van der Waals surface area (Å²) in [6, 6.07) is 14.7. The fraction of sp³-hybridized carbons (Fsp3) is 0.278. The Kier molecular flexibility index (Phi) is 6.44. The van der Waals surface area contributed by atoms with Gasteiger partial charge in [0.2, 0.25) is 0 Å². The largest absolute Gasteiger partial charge is 0.489 e. The minimum Gasteiger partial charge on any atom is -0.489 e. The molecule has 1 atom stereocenters. The van der Waals surface area contributed by atoms with Crippen LogP contribution in [0.4, 0.5) is 0 Å². The Hall–Kier alpha value is -2.04. The molecule has 0 saturated heterocycles. The molecule has 2 rings (SSSR count). The molecule has 1 unspecified atom stereocenters. The lowest BCUT2D eigenvalue weighted by Crippen LogP contribution is -2.28. The number of carbonyl (C=O) groups excluding carboxylic acids is 1. The highest BCUT2D eigenvalue weighted by atomic mass is 35.5. The number of halogens is 1. The maximum atomic E-state index is 12.1. The minimum atomic E-state index is -0.126. The molecule has 1 amide bonds. The lowest BCUT2D eigenvalue weighted by Gasteiger charge is -2.10. The Morgan fingerprint density at radius 3 is 2.78 bits per heavy atom. The van der Waals surface area contributed by atoms with Crippen LogP contribution in [-0.4, -0.2) is 18.5 Å². The van der Waals surface area contributed by atoms with Crippen molar-refractivity contribution in [2.75, 3.05) is 6.54 Å². The van der Waals surface area contributed by atoms with Crippen LogP contribution in [0, 0.1) is 0 Å². The fourth-order valence-corrected chi connectivity index (χ4v) is 2.25. The maximum absolute atomic E-state index is 12.1. The maximum Gasteiger partial charge on any atom is 0.251 e. The molecule has 0 aliphatic carbocycles. The topological polar surface area (TPSA) is 64.3 Å². The summed E-state index contributed by atoms with van der Waals surface area (Å²) in [6.07, 6.45) is 0.747. The van der Waals surface area contributed by atoms with Gasteiger partial charge in [0.15, 0.2) is 0 Å². The van der Waals surface area contributed by atoms with Crippen molar-refractivity contribution in [2.45, 2.75) is 26.0 Å². The first kappa shape index (κ1) is 17.3. The van der Waals surface area contributed by atoms with Crippen molar-refractivity contribution >= 4 is 17.5 Å². The van der Waals surface area contributed by atoms with Crippen molar-refractivity contribution in [1.29, 1.82) is 0 Å². The molecule has 0 spiro atoms. The van der Waals surface area contributed by atoms with E-state index in [-0.39, 0.29) is 11.9 Å². The van der Waals surface area contributed by atoms with Gasteiger partial charge in [-0.1, -0.05) is 29.8 Å². The molecule has 0 aliphatic heterocycles. The molecule has 2 aromatic rings. The highest BCUT2D eigenvalue weighted by Crippen LogP contribution is 2.17. The van der Waals surface area contributed by atoms with Crippen LogP contribution < -0.4 is 15.8 Å². The van der Waals surface area contributed by atoms with Gasteiger partial charge in [-0.05, 0) is 49.2 Å². The van der Waals surface area contributed by atoms with E-state index in [2.05, 4.69) is 5.32 Å². The van der Waals surface area contributed by atoms with E-state index in [0.29, 0.717) is 29.5 Å². The molecule has 5 heteroatoms. The van der Waals surface area contributed by atoms with Gasteiger partial charge in [0.05, 0.1) is 0 Å². The third-order valence-corrected chi connectivity index (χ3v) is 3.51. The molecule has 0 saturated carbocycles. The smallest absolute Gasteiger partial charge is 0.251 e. The summed E-state index contributed by atoms with van der Waals surface area (Å²) < 4.78 is 5.72. The number of benzene rings is 2. The van der Waals surface area contributed by atoms with E-state index in [1.807, 2.05) is 37.3 Å². The predicted molar refractivity (Wildman–Crippen MR) is 92.8 cm³/mol. The second-order valence-electron chi connectivity index (χ2n) is 5.47. The summed E-state index contributed by atoms with van der Waals surface area (Å²) in [4.78, 5) is 12.1. The van der Waals surface area contributed by atoms with Crippen molar-refractivity contribution in [1.82, 2.24) is 5.32 Å². The third kappa shape index (κ3) is 5.93. The molecular formula is C18H21ClN2O2. The number of carbonyl (C=O) groups is 1. The average Bonchev–Trinajstić information content (AvgIpc) is 2.53. The summed E-state index contributed by atoms with van der Waals surface area (Å²) in [5.74, 6) is 0.517. The van der Waals surface area contributed by atoms with Crippen LogP contribution in [0.25, 0.3) is 0 Å². The molecule has 0 fully saturated rings.